The molecule has 0 N–H and O–H groups in total. The van der Waals surface area contributed by atoms with Crippen molar-refractivity contribution in [3.05, 3.63) is 82.2 Å². The molecule has 0 unspecified atom stereocenters. The molecule has 0 saturated heterocycles. The monoisotopic (exact) mass is 406 g/mol. The number of hydrogen-bond acceptors (Lipinski definition) is 2. The summed E-state index contributed by atoms with van der Waals surface area (Å²) in [5, 5.41) is 2.66. The fourth-order valence-corrected chi connectivity index (χ4v) is 11.1. The Balaban J connectivity index is 2.17. The van der Waals surface area contributed by atoms with Gasteiger partial charge in [-0.05, 0) is 0 Å². The van der Waals surface area contributed by atoms with Crippen molar-refractivity contribution in [1.82, 2.24) is 0 Å². The molecule has 0 saturated carbocycles. The average Bonchev–Trinajstić information content (AvgIpc) is 2.60. The SMILES string of the molecule is C[Si](C)(C)C1=C([Si](C)(C)C)[C@H](C(=O)c2ccccc2)[C@H]1C(=O)c1ccccc1. The molecule has 146 valence electrons. The van der Waals surface area contributed by atoms with Crippen LogP contribution in [0.2, 0.25) is 39.3 Å². The largest absolute Gasteiger partial charge is 0.293 e. The van der Waals surface area contributed by atoms with Crippen LogP contribution in [-0.4, -0.2) is 27.7 Å². The van der Waals surface area contributed by atoms with E-state index < -0.39 is 16.1 Å². The van der Waals surface area contributed by atoms with Gasteiger partial charge in [-0.25, -0.2) is 0 Å². The number of benzene rings is 2. The van der Waals surface area contributed by atoms with Crippen molar-refractivity contribution < 1.29 is 9.59 Å². The Hall–Kier alpha value is -2.05. The van der Waals surface area contributed by atoms with Crippen LogP contribution in [0, 0.1) is 11.8 Å². The normalized spacial score (nSPS) is 19.9. The van der Waals surface area contributed by atoms with E-state index in [-0.39, 0.29) is 23.4 Å². The average molecular weight is 407 g/mol. The van der Waals surface area contributed by atoms with Crippen LogP contribution in [0.5, 0.6) is 0 Å². The summed E-state index contributed by atoms with van der Waals surface area (Å²) in [6.07, 6.45) is 0. The van der Waals surface area contributed by atoms with E-state index in [9.17, 15) is 9.59 Å². The Morgan fingerprint density at radius 1 is 0.571 bits per heavy atom. The third-order valence-corrected chi connectivity index (χ3v) is 10.2. The smallest absolute Gasteiger partial charge is 0.170 e. The van der Waals surface area contributed by atoms with E-state index in [2.05, 4.69) is 39.3 Å². The van der Waals surface area contributed by atoms with Crippen LogP contribution in [-0.2, 0) is 0 Å². The van der Waals surface area contributed by atoms with E-state index in [4.69, 9.17) is 0 Å². The highest BCUT2D eigenvalue weighted by Crippen LogP contribution is 2.51. The lowest BCUT2D eigenvalue weighted by atomic mass is 9.72. The van der Waals surface area contributed by atoms with E-state index in [0.29, 0.717) is 11.1 Å². The number of Topliss-reactive ketones (excluding diaryl/α,β-unsaturated/α-hetero) is 2. The third-order valence-electron chi connectivity index (χ3n) is 5.54. The number of carbonyl (C=O) groups is 2. The van der Waals surface area contributed by atoms with Gasteiger partial charge in [-0.3, -0.25) is 9.59 Å². The van der Waals surface area contributed by atoms with Gasteiger partial charge in [0.2, 0.25) is 0 Å². The maximum Gasteiger partial charge on any atom is 0.170 e. The first kappa shape index (κ1) is 20.7. The van der Waals surface area contributed by atoms with Crippen LogP contribution < -0.4 is 0 Å². The van der Waals surface area contributed by atoms with Gasteiger partial charge in [0, 0.05) is 11.1 Å². The lowest BCUT2D eigenvalue weighted by Crippen LogP contribution is -2.55. The highest BCUT2D eigenvalue weighted by Gasteiger charge is 2.55. The number of allylic oxidation sites excluding steroid dienone is 2. The van der Waals surface area contributed by atoms with Crippen LogP contribution in [0.25, 0.3) is 0 Å². The summed E-state index contributed by atoms with van der Waals surface area (Å²) in [7, 11) is -3.51. The second kappa shape index (κ2) is 7.41. The summed E-state index contributed by atoms with van der Waals surface area (Å²) >= 11 is 0. The van der Waals surface area contributed by atoms with Gasteiger partial charge < -0.3 is 0 Å². The molecule has 2 atom stereocenters. The third kappa shape index (κ3) is 3.76. The summed E-state index contributed by atoms with van der Waals surface area (Å²) < 4.78 is 0. The van der Waals surface area contributed by atoms with Gasteiger partial charge in [-0.2, -0.15) is 0 Å². The molecule has 0 aliphatic heterocycles. The standard InChI is InChI=1S/C24H30O2Si2/c1-27(2,3)23-19(21(25)17-13-9-7-10-14-17)20(24(23)28(4,5)6)22(26)18-15-11-8-12-16-18/h7-16,19-20H,1-6H3/t19-,20-/m0/s1. The topological polar surface area (TPSA) is 34.1 Å². The summed E-state index contributed by atoms with van der Waals surface area (Å²) in [6, 6.07) is 19.0. The molecule has 0 spiro atoms. The summed E-state index contributed by atoms with van der Waals surface area (Å²) in [5.41, 5.74) is 1.42. The summed E-state index contributed by atoms with van der Waals surface area (Å²) in [5.74, 6) is -0.393. The Kier molecular flexibility index (Phi) is 5.47. The highest BCUT2D eigenvalue weighted by molar-refractivity contribution is 6.90. The predicted octanol–water partition coefficient (Wildman–Crippen LogP) is 6.05. The quantitative estimate of drug-likeness (QED) is 0.432. The first-order valence-electron chi connectivity index (χ1n) is 9.97. The highest BCUT2D eigenvalue weighted by atomic mass is 28.3. The van der Waals surface area contributed by atoms with Gasteiger partial charge in [-0.1, -0.05) is 110 Å². The number of hydrogen-bond donors (Lipinski definition) is 0. The maximum absolute atomic E-state index is 13.6. The minimum Gasteiger partial charge on any atom is -0.293 e. The van der Waals surface area contributed by atoms with Crippen LogP contribution in [0.4, 0.5) is 0 Å². The summed E-state index contributed by atoms with van der Waals surface area (Å²) in [6.45, 7) is 13.8. The van der Waals surface area contributed by atoms with Crippen molar-refractivity contribution in [3.63, 3.8) is 0 Å². The van der Waals surface area contributed by atoms with Crippen molar-refractivity contribution >= 4 is 27.7 Å². The zero-order valence-corrected chi connectivity index (χ0v) is 19.7. The fourth-order valence-electron chi connectivity index (χ4n) is 4.44. The van der Waals surface area contributed by atoms with Crippen molar-refractivity contribution in [2.24, 2.45) is 11.8 Å². The minimum absolute atomic E-state index is 0.106. The molecule has 3 rings (SSSR count). The van der Waals surface area contributed by atoms with Crippen molar-refractivity contribution in [2.45, 2.75) is 39.3 Å². The van der Waals surface area contributed by atoms with Gasteiger partial charge in [0.25, 0.3) is 0 Å². The molecular weight excluding hydrogens is 376 g/mol. The molecule has 0 bridgehead atoms. The molecule has 4 heteroatoms. The van der Waals surface area contributed by atoms with Crippen molar-refractivity contribution in [2.75, 3.05) is 0 Å². The van der Waals surface area contributed by atoms with Crippen molar-refractivity contribution in [1.29, 1.82) is 0 Å². The summed E-state index contributed by atoms with van der Waals surface area (Å²) in [4.78, 5) is 27.1. The van der Waals surface area contributed by atoms with Crippen LogP contribution in [0.1, 0.15) is 20.7 Å². The number of carbonyl (C=O) groups excluding carboxylic acids is 2. The zero-order chi connectivity index (χ0) is 20.7. The molecule has 28 heavy (non-hydrogen) atoms. The molecule has 0 radical (unpaired) electrons. The number of rotatable bonds is 6. The first-order chi connectivity index (χ1) is 13.0. The lowest BCUT2D eigenvalue weighted by Gasteiger charge is -2.50. The van der Waals surface area contributed by atoms with Gasteiger partial charge in [-0.15, -0.1) is 0 Å². The van der Waals surface area contributed by atoms with E-state index in [1.54, 1.807) is 0 Å². The molecule has 2 aromatic rings. The van der Waals surface area contributed by atoms with E-state index >= 15 is 0 Å². The van der Waals surface area contributed by atoms with Gasteiger partial charge in [0.1, 0.15) is 0 Å². The van der Waals surface area contributed by atoms with E-state index in [0.717, 1.165) is 0 Å². The molecule has 1 aliphatic rings. The molecule has 1 aliphatic carbocycles. The Labute approximate surface area is 170 Å². The van der Waals surface area contributed by atoms with Gasteiger partial charge in [0.05, 0.1) is 28.0 Å². The molecule has 0 aromatic heterocycles. The van der Waals surface area contributed by atoms with Crippen molar-refractivity contribution in [3.8, 4) is 0 Å². The predicted molar refractivity (Wildman–Crippen MR) is 122 cm³/mol. The maximum atomic E-state index is 13.6. The molecule has 0 amide bonds. The Bertz CT molecular complexity index is 839. The molecule has 0 fully saturated rings. The lowest BCUT2D eigenvalue weighted by molar-refractivity contribution is 0.0799. The Morgan fingerprint density at radius 3 is 1.11 bits per heavy atom. The molecule has 2 nitrogen and oxygen atoms in total. The molecular formula is C24H30O2Si2. The molecule has 0 heterocycles. The van der Waals surface area contributed by atoms with Gasteiger partial charge in [0.15, 0.2) is 11.6 Å². The second-order valence-corrected chi connectivity index (χ2v) is 19.8. The van der Waals surface area contributed by atoms with E-state index in [1.165, 1.54) is 10.4 Å². The van der Waals surface area contributed by atoms with Crippen LogP contribution >= 0.6 is 0 Å². The zero-order valence-electron chi connectivity index (χ0n) is 17.7. The number of ketones is 2. The minimum atomic E-state index is -1.75. The van der Waals surface area contributed by atoms with Crippen LogP contribution in [0.15, 0.2) is 71.1 Å². The van der Waals surface area contributed by atoms with E-state index in [1.807, 2.05) is 60.7 Å². The first-order valence-corrected chi connectivity index (χ1v) is 17.0. The molecule has 2 aromatic carbocycles. The Morgan fingerprint density at radius 2 is 0.857 bits per heavy atom. The van der Waals surface area contributed by atoms with Crippen LogP contribution in [0.3, 0.4) is 0 Å². The fraction of sp³-hybridized carbons (Fsp3) is 0.333. The van der Waals surface area contributed by atoms with Gasteiger partial charge >= 0.3 is 0 Å². The second-order valence-electron chi connectivity index (χ2n) is 9.74.